The minimum atomic E-state index is -0.551. The molecule has 1 aromatic heterocycles. The summed E-state index contributed by atoms with van der Waals surface area (Å²) in [5, 5.41) is 6.47. The van der Waals surface area contributed by atoms with Gasteiger partial charge in [0.1, 0.15) is 11.9 Å². The first-order valence-electron chi connectivity index (χ1n) is 6.07. The molecule has 1 aliphatic rings. The van der Waals surface area contributed by atoms with Crippen molar-refractivity contribution < 1.29 is 14.3 Å². The van der Waals surface area contributed by atoms with Crippen LogP contribution in [0.25, 0.3) is 0 Å². The van der Waals surface area contributed by atoms with Gasteiger partial charge in [0.05, 0.1) is 6.61 Å². The molecule has 2 heterocycles. The SMILES string of the molecule is CCOC(=O)C1CSCCN1C(=O)c1n[nH]c(C)n1. The third kappa shape index (κ3) is 3.06. The largest absolute Gasteiger partial charge is 0.464 e. The van der Waals surface area contributed by atoms with Crippen LogP contribution >= 0.6 is 11.8 Å². The van der Waals surface area contributed by atoms with Gasteiger partial charge in [-0.15, -0.1) is 5.10 Å². The number of aromatic nitrogens is 3. The molecule has 8 heteroatoms. The molecule has 0 spiro atoms. The molecule has 0 saturated carbocycles. The van der Waals surface area contributed by atoms with Crippen LogP contribution in [0.5, 0.6) is 0 Å². The summed E-state index contributed by atoms with van der Waals surface area (Å²) < 4.78 is 5.01. The van der Waals surface area contributed by atoms with Crippen molar-refractivity contribution in [1.29, 1.82) is 0 Å². The van der Waals surface area contributed by atoms with E-state index in [0.717, 1.165) is 5.75 Å². The fourth-order valence-corrected chi connectivity index (χ4v) is 2.88. The molecule has 0 radical (unpaired) electrons. The van der Waals surface area contributed by atoms with Crippen LogP contribution in [0.3, 0.4) is 0 Å². The zero-order valence-electron chi connectivity index (χ0n) is 10.9. The normalized spacial score (nSPS) is 19.3. The summed E-state index contributed by atoms with van der Waals surface area (Å²) in [4.78, 5) is 29.7. The molecule has 2 rings (SSSR count). The number of amides is 1. The van der Waals surface area contributed by atoms with Gasteiger partial charge in [-0.3, -0.25) is 9.89 Å². The van der Waals surface area contributed by atoms with Crippen molar-refractivity contribution in [1.82, 2.24) is 20.1 Å². The molecule has 1 fully saturated rings. The van der Waals surface area contributed by atoms with Crippen LogP contribution in [0.2, 0.25) is 0 Å². The Bertz CT molecular complexity index is 476. The number of hydrogen-bond acceptors (Lipinski definition) is 6. The molecule has 1 atom stereocenters. The topological polar surface area (TPSA) is 88.2 Å². The predicted octanol–water partition coefficient (Wildman–Crippen LogP) is 0.234. The molecule has 104 valence electrons. The van der Waals surface area contributed by atoms with Crippen molar-refractivity contribution in [3.05, 3.63) is 11.6 Å². The molecule has 1 amide bonds. The number of esters is 1. The summed E-state index contributed by atoms with van der Waals surface area (Å²) in [5.41, 5.74) is 0. The Morgan fingerprint density at radius 2 is 2.37 bits per heavy atom. The fourth-order valence-electron chi connectivity index (χ4n) is 1.85. The number of rotatable bonds is 3. The third-order valence-corrected chi connectivity index (χ3v) is 3.76. The number of carbonyl (C=O) groups is 2. The van der Waals surface area contributed by atoms with Crippen molar-refractivity contribution >= 4 is 23.6 Å². The fraction of sp³-hybridized carbons (Fsp3) is 0.636. The summed E-state index contributed by atoms with van der Waals surface area (Å²) in [6, 6.07) is -0.551. The standard InChI is InChI=1S/C11H16N4O3S/c1-3-18-11(17)8-6-19-5-4-15(8)10(16)9-12-7(2)13-14-9/h8H,3-6H2,1-2H3,(H,12,13,14). The summed E-state index contributed by atoms with van der Waals surface area (Å²) in [6.45, 7) is 4.28. The number of thioether (sulfide) groups is 1. The number of nitrogens with zero attached hydrogens (tertiary/aromatic N) is 3. The molecule has 7 nitrogen and oxygen atoms in total. The molecular weight excluding hydrogens is 268 g/mol. The first-order valence-corrected chi connectivity index (χ1v) is 7.23. The Labute approximate surface area is 115 Å². The van der Waals surface area contributed by atoms with E-state index in [-0.39, 0.29) is 17.7 Å². The van der Waals surface area contributed by atoms with E-state index >= 15 is 0 Å². The Morgan fingerprint density at radius 1 is 1.58 bits per heavy atom. The molecule has 1 saturated heterocycles. The number of nitrogens with one attached hydrogen (secondary N) is 1. The number of aromatic amines is 1. The second-order valence-electron chi connectivity index (χ2n) is 4.09. The van der Waals surface area contributed by atoms with E-state index in [1.807, 2.05) is 0 Å². The van der Waals surface area contributed by atoms with E-state index in [4.69, 9.17) is 4.74 Å². The van der Waals surface area contributed by atoms with E-state index < -0.39 is 6.04 Å². The quantitative estimate of drug-likeness (QED) is 0.800. The second-order valence-corrected chi connectivity index (χ2v) is 5.24. The zero-order chi connectivity index (χ0) is 13.8. The molecule has 0 bridgehead atoms. The van der Waals surface area contributed by atoms with E-state index in [2.05, 4.69) is 15.2 Å². The lowest BCUT2D eigenvalue weighted by Crippen LogP contribution is -2.51. The first-order chi connectivity index (χ1) is 9.13. The van der Waals surface area contributed by atoms with Gasteiger partial charge in [0.2, 0.25) is 5.82 Å². The molecule has 0 aliphatic carbocycles. The van der Waals surface area contributed by atoms with Crippen LogP contribution in [0, 0.1) is 6.92 Å². The zero-order valence-corrected chi connectivity index (χ0v) is 11.7. The number of ether oxygens (including phenoxy) is 1. The Kier molecular flexibility index (Phi) is 4.41. The molecular formula is C11H16N4O3S. The van der Waals surface area contributed by atoms with E-state index in [0.29, 0.717) is 24.7 Å². The monoisotopic (exact) mass is 284 g/mol. The maximum Gasteiger partial charge on any atom is 0.329 e. The van der Waals surface area contributed by atoms with Gasteiger partial charge in [-0.25, -0.2) is 9.78 Å². The van der Waals surface area contributed by atoms with E-state index in [9.17, 15) is 9.59 Å². The number of H-pyrrole nitrogens is 1. The van der Waals surface area contributed by atoms with Crippen LogP contribution in [-0.4, -0.2) is 62.7 Å². The van der Waals surface area contributed by atoms with E-state index in [1.165, 1.54) is 4.90 Å². The van der Waals surface area contributed by atoms with Gasteiger partial charge >= 0.3 is 5.97 Å². The van der Waals surface area contributed by atoms with Crippen molar-refractivity contribution in [3.8, 4) is 0 Å². The highest BCUT2D eigenvalue weighted by molar-refractivity contribution is 7.99. The van der Waals surface area contributed by atoms with Gasteiger partial charge < -0.3 is 9.64 Å². The van der Waals surface area contributed by atoms with Crippen LogP contribution in [0.4, 0.5) is 0 Å². The van der Waals surface area contributed by atoms with Crippen LogP contribution in [0.15, 0.2) is 0 Å². The summed E-state index contributed by atoms with van der Waals surface area (Å²) in [6.07, 6.45) is 0. The van der Waals surface area contributed by atoms with Crippen molar-refractivity contribution in [2.24, 2.45) is 0 Å². The maximum atomic E-state index is 12.3. The highest BCUT2D eigenvalue weighted by Crippen LogP contribution is 2.19. The van der Waals surface area contributed by atoms with E-state index in [1.54, 1.807) is 25.6 Å². The third-order valence-electron chi connectivity index (χ3n) is 2.74. The Balaban J connectivity index is 2.15. The number of aryl methyl sites for hydroxylation is 1. The number of carbonyl (C=O) groups excluding carboxylic acids is 2. The first kappa shape index (κ1) is 13.9. The van der Waals surface area contributed by atoms with Gasteiger partial charge in [-0.05, 0) is 13.8 Å². The van der Waals surface area contributed by atoms with Crippen molar-refractivity contribution in [3.63, 3.8) is 0 Å². The van der Waals surface area contributed by atoms with Crippen LogP contribution in [-0.2, 0) is 9.53 Å². The summed E-state index contributed by atoms with van der Waals surface area (Å²) in [7, 11) is 0. The lowest BCUT2D eigenvalue weighted by molar-refractivity contribution is -0.147. The molecule has 1 aliphatic heterocycles. The average molecular weight is 284 g/mol. The average Bonchev–Trinajstić information content (AvgIpc) is 2.85. The van der Waals surface area contributed by atoms with Crippen LogP contribution in [0.1, 0.15) is 23.4 Å². The molecule has 1 N–H and O–H groups in total. The van der Waals surface area contributed by atoms with Gasteiger partial charge in [0.25, 0.3) is 5.91 Å². The summed E-state index contributed by atoms with van der Waals surface area (Å²) in [5.74, 6) is 1.32. The van der Waals surface area contributed by atoms with Gasteiger partial charge in [-0.1, -0.05) is 0 Å². The minimum absolute atomic E-state index is 0.0960. The van der Waals surface area contributed by atoms with Crippen molar-refractivity contribution in [2.45, 2.75) is 19.9 Å². The lowest BCUT2D eigenvalue weighted by atomic mass is 10.2. The van der Waals surface area contributed by atoms with Gasteiger partial charge in [-0.2, -0.15) is 11.8 Å². The molecule has 19 heavy (non-hydrogen) atoms. The Morgan fingerprint density at radius 3 is 3.00 bits per heavy atom. The highest BCUT2D eigenvalue weighted by Gasteiger charge is 2.35. The Hall–Kier alpha value is -1.57. The lowest BCUT2D eigenvalue weighted by Gasteiger charge is -2.32. The second kappa shape index (κ2) is 6.05. The minimum Gasteiger partial charge on any atom is -0.464 e. The van der Waals surface area contributed by atoms with Crippen LogP contribution < -0.4 is 0 Å². The highest BCUT2D eigenvalue weighted by atomic mass is 32.2. The maximum absolute atomic E-state index is 12.3. The predicted molar refractivity (Wildman–Crippen MR) is 69.9 cm³/mol. The molecule has 1 unspecified atom stereocenters. The van der Waals surface area contributed by atoms with Gasteiger partial charge in [0.15, 0.2) is 0 Å². The summed E-state index contributed by atoms with van der Waals surface area (Å²) >= 11 is 1.64. The smallest absolute Gasteiger partial charge is 0.329 e. The van der Waals surface area contributed by atoms with Gasteiger partial charge in [0, 0.05) is 18.1 Å². The molecule has 0 aromatic carbocycles. The van der Waals surface area contributed by atoms with Crippen molar-refractivity contribution in [2.75, 3.05) is 24.7 Å². The number of hydrogen-bond donors (Lipinski definition) is 1. The molecule has 1 aromatic rings.